The highest BCUT2D eigenvalue weighted by atomic mass is 16.3. The van der Waals surface area contributed by atoms with Crippen LogP contribution in [0.25, 0.3) is 0 Å². The van der Waals surface area contributed by atoms with Gasteiger partial charge in [-0.1, -0.05) is 51.2 Å². The lowest BCUT2D eigenvalue weighted by atomic mass is 9.99. The number of phenols is 1. The second-order valence-electron chi connectivity index (χ2n) is 8.62. The molecular formula is C25H41N5O4. The number of aliphatic imine (C=N–C) groups is 1. The molecule has 0 radical (unpaired) electrons. The number of aromatic hydroxyl groups is 1. The highest BCUT2D eigenvalue weighted by Gasteiger charge is 2.26. The average molecular weight is 476 g/mol. The molecular weight excluding hydrogens is 434 g/mol. The molecule has 0 aliphatic carbocycles. The molecule has 190 valence electrons. The maximum atomic E-state index is 13.1. The van der Waals surface area contributed by atoms with E-state index in [0.717, 1.165) is 24.8 Å². The summed E-state index contributed by atoms with van der Waals surface area (Å²) in [5, 5.41) is 15.0. The second-order valence-corrected chi connectivity index (χ2v) is 8.62. The number of carbonyl (C=O) groups is 3. The summed E-state index contributed by atoms with van der Waals surface area (Å²) >= 11 is 0. The van der Waals surface area contributed by atoms with Gasteiger partial charge < -0.3 is 27.2 Å². The van der Waals surface area contributed by atoms with Crippen LogP contribution in [0.2, 0.25) is 0 Å². The minimum absolute atomic E-state index is 0.0152. The molecule has 2 atom stereocenters. The minimum Gasteiger partial charge on any atom is -0.508 e. The van der Waals surface area contributed by atoms with Crippen molar-refractivity contribution in [1.29, 1.82) is 0 Å². The molecule has 0 heterocycles. The van der Waals surface area contributed by atoms with E-state index in [4.69, 9.17) is 11.5 Å². The van der Waals surface area contributed by atoms with Crippen LogP contribution in [-0.4, -0.2) is 47.3 Å². The summed E-state index contributed by atoms with van der Waals surface area (Å²) in [6, 6.07) is 4.91. The molecule has 34 heavy (non-hydrogen) atoms. The van der Waals surface area contributed by atoms with Gasteiger partial charge >= 0.3 is 0 Å². The van der Waals surface area contributed by atoms with E-state index in [2.05, 4.69) is 22.5 Å². The number of ketones is 1. The molecule has 0 aromatic heterocycles. The van der Waals surface area contributed by atoms with Gasteiger partial charge in [-0.25, -0.2) is 0 Å². The van der Waals surface area contributed by atoms with E-state index in [1.54, 1.807) is 12.1 Å². The molecule has 9 nitrogen and oxygen atoms in total. The zero-order chi connectivity index (χ0) is 25.3. The number of phenolic OH excluding ortho intramolecular Hbond substituents is 1. The maximum absolute atomic E-state index is 13.1. The van der Waals surface area contributed by atoms with E-state index in [9.17, 15) is 19.5 Å². The molecule has 0 unspecified atom stereocenters. The van der Waals surface area contributed by atoms with Crippen molar-refractivity contribution in [3.8, 4) is 5.75 Å². The Morgan fingerprint density at radius 2 is 1.59 bits per heavy atom. The van der Waals surface area contributed by atoms with Crippen molar-refractivity contribution in [2.24, 2.45) is 16.5 Å². The van der Waals surface area contributed by atoms with Crippen LogP contribution in [0.3, 0.4) is 0 Å². The summed E-state index contributed by atoms with van der Waals surface area (Å²) in [6.07, 6.45) is 7.96. The van der Waals surface area contributed by atoms with E-state index in [0.29, 0.717) is 25.8 Å². The van der Waals surface area contributed by atoms with E-state index >= 15 is 0 Å². The van der Waals surface area contributed by atoms with Crippen molar-refractivity contribution < 1.29 is 19.5 Å². The SMILES string of the molecule is CCCCCCCCC(=O)[C@H](CCCN=C(N)N)NC(=O)[C@H](Cc1ccc(O)cc1)NC(C)=O. The monoisotopic (exact) mass is 475 g/mol. The number of hydrogen-bond acceptors (Lipinski definition) is 5. The number of benzene rings is 1. The lowest BCUT2D eigenvalue weighted by Gasteiger charge is -2.23. The Bertz CT molecular complexity index is 791. The number of rotatable bonds is 17. The van der Waals surface area contributed by atoms with Crippen molar-refractivity contribution in [1.82, 2.24) is 10.6 Å². The molecule has 0 saturated carbocycles. The number of hydrogen-bond donors (Lipinski definition) is 5. The largest absolute Gasteiger partial charge is 0.508 e. The maximum Gasteiger partial charge on any atom is 0.243 e. The van der Waals surface area contributed by atoms with Gasteiger partial charge in [-0.05, 0) is 37.0 Å². The Labute approximate surface area is 202 Å². The van der Waals surface area contributed by atoms with Gasteiger partial charge in [0.15, 0.2) is 11.7 Å². The fourth-order valence-electron chi connectivity index (χ4n) is 3.67. The summed E-state index contributed by atoms with van der Waals surface area (Å²) in [6.45, 7) is 3.87. The summed E-state index contributed by atoms with van der Waals surface area (Å²) in [5.74, 6) is -0.697. The van der Waals surface area contributed by atoms with Crippen molar-refractivity contribution in [2.45, 2.75) is 90.1 Å². The third-order valence-corrected chi connectivity index (χ3v) is 5.50. The second kappa shape index (κ2) is 16.5. The molecule has 0 aliphatic heterocycles. The van der Waals surface area contributed by atoms with Gasteiger partial charge in [-0.3, -0.25) is 19.4 Å². The summed E-state index contributed by atoms with van der Waals surface area (Å²) in [7, 11) is 0. The summed E-state index contributed by atoms with van der Waals surface area (Å²) in [5.41, 5.74) is 11.5. The van der Waals surface area contributed by atoms with Crippen LogP contribution in [0.15, 0.2) is 29.3 Å². The zero-order valence-electron chi connectivity index (χ0n) is 20.5. The first kappa shape index (κ1) is 28.9. The number of amides is 2. The van der Waals surface area contributed by atoms with E-state index in [1.165, 1.54) is 38.3 Å². The topological polar surface area (TPSA) is 160 Å². The summed E-state index contributed by atoms with van der Waals surface area (Å²) < 4.78 is 0. The normalized spacial score (nSPS) is 12.4. The fraction of sp³-hybridized carbons (Fsp3) is 0.600. The van der Waals surface area contributed by atoms with Crippen molar-refractivity contribution in [3.63, 3.8) is 0 Å². The van der Waals surface area contributed by atoms with Gasteiger partial charge in [-0.2, -0.15) is 0 Å². The van der Waals surface area contributed by atoms with E-state index in [1.807, 2.05) is 0 Å². The molecule has 9 heteroatoms. The number of nitrogens with zero attached hydrogens (tertiary/aromatic N) is 1. The third kappa shape index (κ3) is 12.8. The molecule has 0 saturated heterocycles. The van der Waals surface area contributed by atoms with Crippen LogP contribution in [0.1, 0.15) is 77.2 Å². The molecule has 1 rings (SSSR count). The highest BCUT2D eigenvalue weighted by molar-refractivity contribution is 5.92. The van der Waals surface area contributed by atoms with Gasteiger partial charge in [0.25, 0.3) is 0 Å². The Kier molecular flexibility index (Phi) is 14.0. The predicted molar refractivity (Wildman–Crippen MR) is 134 cm³/mol. The molecule has 0 spiro atoms. The van der Waals surface area contributed by atoms with Gasteiger partial charge in [0.2, 0.25) is 11.8 Å². The van der Waals surface area contributed by atoms with Gasteiger partial charge in [0, 0.05) is 26.3 Å². The molecule has 0 fully saturated rings. The third-order valence-electron chi connectivity index (χ3n) is 5.50. The van der Waals surface area contributed by atoms with Crippen LogP contribution in [0.4, 0.5) is 0 Å². The number of unbranched alkanes of at least 4 members (excludes halogenated alkanes) is 5. The van der Waals surface area contributed by atoms with Gasteiger partial charge in [0.1, 0.15) is 11.8 Å². The van der Waals surface area contributed by atoms with Crippen molar-refractivity contribution in [3.05, 3.63) is 29.8 Å². The number of Topliss-reactive ketones (excluding diaryl/α,β-unsaturated/α-hetero) is 1. The molecule has 2 amide bonds. The van der Waals surface area contributed by atoms with Crippen molar-refractivity contribution >= 4 is 23.6 Å². The Morgan fingerprint density at radius 1 is 0.941 bits per heavy atom. The lowest BCUT2D eigenvalue weighted by Crippen LogP contribution is -2.52. The lowest BCUT2D eigenvalue weighted by molar-refractivity contribution is -0.131. The predicted octanol–water partition coefficient (Wildman–Crippen LogP) is 2.30. The van der Waals surface area contributed by atoms with Gasteiger partial charge in [0.05, 0.1) is 6.04 Å². The van der Waals surface area contributed by atoms with Crippen LogP contribution >= 0.6 is 0 Å². The molecule has 1 aromatic rings. The van der Waals surface area contributed by atoms with E-state index < -0.39 is 18.0 Å². The summed E-state index contributed by atoms with van der Waals surface area (Å²) in [4.78, 5) is 41.6. The van der Waals surface area contributed by atoms with Crippen LogP contribution < -0.4 is 22.1 Å². The van der Waals surface area contributed by atoms with Crippen LogP contribution in [0, 0.1) is 0 Å². The zero-order valence-corrected chi connectivity index (χ0v) is 20.5. The Balaban J connectivity index is 2.80. The van der Waals surface area contributed by atoms with Crippen LogP contribution in [-0.2, 0) is 20.8 Å². The smallest absolute Gasteiger partial charge is 0.243 e. The molecule has 0 bridgehead atoms. The molecule has 7 N–H and O–H groups in total. The fourth-order valence-corrected chi connectivity index (χ4v) is 3.67. The standard InChI is InChI=1S/C25H41N5O4/c1-3-4-5-6-7-8-11-23(33)21(10-9-16-28-25(26)27)30-24(34)22(29-18(2)31)17-19-12-14-20(32)15-13-19/h12-15,21-22,32H,3-11,16-17H2,1-2H3,(H,29,31)(H,30,34)(H4,26,27,28)/t21-,22-/m0/s1. The first-order chi connectivity index (χ1) is 16.2. The first-order valence-corrected chi connectivity index (χ1v) is 12.2. The Morgan fingerprint density at radius 3 is 2.21 bits per heavy atom. The number of guanidine groups is 1. The number of nitrogens with two attached hydrogens (primary N) is 2. The molecule has 0 aliphatic rings. The Hall–Kier alpha value is -3.10. The molecule has 1 aromatic carbocycles. The number of carbonyl (C=O) groups excluding carboxylic acids is 3. The number of nitrogens with one attached hydrogen (secondary N) is 2. The quantitative estimate of drug-likeness (QED) is 0.132. The van der Waals surface area contributed by atoms with Crippen LogP contribution in [0.5, 0.6) is 5.75 Å². The van der Waals surface area contributed by atoms with E-state index in [-0.39, 0.29) is 29.8 Å². The van der Waals surface area contributed by atoms with Gasteiger partial charge in [-0.15, -0.1) is 0 Å². The average Bonchev–Trinajstić information content (AvgIpc) is 2.78. The minimum atomic E-state index is -0.843. The first-order valence-electron chi connectivity index (χ1n) is 12.2. The van der Waals surface area contributed by atoms with Crippen molar-refractivity contribution in [2.75, 3.05) is 6.54 Å². The highest BCUT2D eigenvalue weighted by Crippen LogP contribution is 2.13.